The number of rotatable bonds is 8. The van der Waals surface area contributed by atoms with Crippen LogP contribution in [0, 0.1) is 0 Å². The number of nitrogens with two attached hydrogens (primary N) is 1. The zero-order chi connectivity index (χ0) is 15.0. The second kappa shape index (κ2) is 8.29. The Morgan fingerprint density at radius 2 is 1.90 bits per heavy atom. The van der Waals surface area contributed by atoms with Crippen LogP contribution in [0.3, 0.4) is 0 Å². The lowest BCUT2D eigenvalue weighted by Crippen LogP contribution is -2.47. The molecule has 1 rings (SSSR count). The summed E-state index contributed by atoms with van der Waals surface area (Å²) in [6.07, 6.45) is 0.413. The minimum Gasteiger partial charge on any atom is -0.481 e. The lowest BCUT2D eigenvalue weighted by Gasteiger charge is -2.19. The Morgan fingerprint density at radius 1 is 1.25 bits per heavy atom. The van der Waals surface area contributed by atoms with Crippen LogP contribution in [0.15, 0.2) is 30.3 Å². The smallest absolute Gasteiger partial charge is 0.303 e. The standard InChI is InChI=1S/C14H20N2O4/c15-12(6-7-13(18)19)14(20)16-11(9-17)8-10-4-2-1-3-5-10/h1-5,11-12,17H,6-9,15H2,(H,16,20)(H,18,19). The Hall–Kier alpha value is -1.92. The van der Waals surface area contributed by atoms with E-state index in [1.54, 1.807) is 0 Å². The van der Waals surface area contributed by atoms with E-state index in [0.29, 0.717) is 6.42 Å². The number of aliphatic hydroxyl groups is 1. The van der Waals surface area contributed by atoms with Gasteiger partial charge < -0.3 is 21.3 Å². The number of carbonyl (C=O) groups is 2. The van der Waals surface area contributed by atoms with Crippen molar-refractivity contribution in [2.45, 2.75) is 31.3 Å². The van der Waals surface area contributed by atoms with Gasteiger partial charge in [-0.3, -0.25) is 9.59 Å². The Labute approximate surface area is 117 Å². The predicted octanol–water partition coefficient (Wildman–Crippen LogP) is -0.102. The molecular weight excluding hydrogens is 260 g/mol. The fraction of sp³-hybridized carbons (Fsp3) is 0.429. The molecular formula is C14H20N2O4. The van der Waals surface area contributed by atoms with Gasteiger partial charge in [-0.15, -0.1) is 0 Å². The molecule has 2 unspecified atom stereocenters. The van der Waals surface area contributed by atoms with Gasteiger partial charge in [-0.25, -0.2) is 0 Å². The van der Waals surface area contributed by atoms with E-state index < -0.39 is 24.0 Å². The first-order valence-corrected chi connectivity index (χ1v) is 6.45. The maximum absolute atomic E-state index is 11.8. The normalized spacial score (nSPS) is 13.5. The second-order valence-electron chi connectivity index (χ2n) is 4.62. The van der Waals surface area contributed by atoms with Crippen LogP contribution in [0.2, 0.25) is 0 Å². The van der Waals surface area contributed by atoms with Gasteiger partial charge in [0.25, 0.3) is 0 Å². The van der Waals surface area contributed by atoms with E-state index in [2.05, 4.69) is 5.32 Å². The van der Waals surface area contributed by atoms with Crippen molar-refractivity contribution >= 4 is 11.9 Å². The molecule has 0 spiro atoms. The summed E-state index contributed by atoms with van der Waals surface area (Å²) >= 11 is 0. The number of carbonyl (C=O) groups excluding carboxylic acids is 1. The molecule has 6 nitrogen and oxygen atoms in total. The fourth-order valence-electron chi connectivity index (χ4n) is 1.78. The van der Waals surface area contributed by atoms with E-state index in [0.717, 1.165) is 5.56 Å². The molecule has 0 bridgehead atoms. The Kier molecular flexibility index (Phi) is 6.69. The quantitative estimate of drug-likeness (QED) is 0.531. The number of benzene rings is 1. The number of hydrogen-bond acceptors (Lipinski definition) is 4. The summed E-state index contributed by atoms with van der Waals surface area (Å²) in [5, 5.41) is 20.5. The zero-order valence-corrected chi connectivity index (χ0v) is 11.2. The topological polar surface area (TPSA) is 113 Å². The average molecular weight is 280 g/mol. The van der Waals surface area contributed by atoms with Gasteiger partial charge in [-0.05, 0) is 18.4 Å². The molecule has 0 saturated heterocycles. The fourth-order valence-corrected chi connectivity index (χ4v) is 1.78. The van der Waals surface area contributed by atoms with Gasteiger partial charge in [-0.2, -0.15) is 0 Å². The maximum Gasteiger partial charge on any atom is 0.303 e. The van der Waals surface area contributed by atoms with E-state index in [4.69, 9.17) is 10.8 Å². The van der Waals surface area contributed by atoms with Gasteiger partial charge in [0.2, 0.25) is 5.91 Å². The van der Waals surface area contributed by atoms with Crippen molar-refractivity contribution in [3.05, 3.63) is 35.9 Å². The lowest BCUT2D eigenvalue weighted by molar-refractivity contribution is -0.137. The number of hydrogen-bond donors (Lipinski definition) is 4. The number of aliphatic hydroxyl groups excluding tert-OH is 1. The molecule has 2 atom stereocenters. The summed E-state index contributed by atoms with van der Waals surface area (Å²) in [6.45, 7) is -0.202. The van der Waals surface area contributed by atoms with Crippen molar-refractivity contribution in [3.8, 4) is 0 Å². The number of nitrogens with one attached hydrogen (secondary N) is 1. The third-order valence-electron chi connectivity index (χ3n) is 2.90. The van der Waals surface area contributed by atoms with Crippen LogP contribution in [-0.4, -0.2) is 40.8 Å². The lowest BCUT2D eigenvalue weighted by atomic mass is 10.1. The van der Waals surface area contributed by atoms with Gasteiger partial charge in [-0.1, -0.05) is 30.3 Å². The molecule has 1 amide bonds. The molecule has 0 fully saturated rings. The number of carboxylic acids is 1. The number of aliphatic carboxylic acids is 1. The first kappa shape index (κ1) is 16.1. The molecule has 0 aliphatic heterocycles. The second-order valence-corrected chi connectivity index (χ2v) is 4.62. The summed E-state index contributed by atoms with van der Waals surface area (Å²) in [5.74, 6) is -1.43. The third-order valence-corrected chi connectivity index (χ3v) is 2.90. The molecule has 110 valence electrons. The SMILES string of the molecule is NC(CCC(=O)O)C(=O)NC(CO)Cc1ccccc1. The highest BCUT2D eigenvalue weighted by atomic mass is 16.4. The van der Waals surface area contributed by atoms with Gasteiger partial charge in [0.1, 0.15) is 0 Å². The van der Waals surface area contributed by atoms with Crippen LogP contribution in [-0.2, 0) is 16.0 Å². The Balaban J connectivity index is 2.47. The van der Waals surface area contributed by atoms with Gasteiger partial charge >= 0.3 is 5.97 Å². The molecule has 0 saturated carbocycles. The third kappa shape index (κ3) is 5.81. The first-order chi connectivity index (χ1) is 9.52. The van der Waals surface area contributed by atoms with E-state index in [-0.39, 0.29) is 19.4 Å². The zero-order valence-electron chi connectivity index (χ0n) is 11.2. The average Bonchev–Trinajstić information content (AvgIpc) is 2.44. The van der Waals surface area contributed by atoms with Gasteiger partial charge in [0.05, 0.1) is 18.7 Å². The maximum atomic E-state index is 11.8. The summed E-state index contributed by atoms with van der Waals surface area (Å²) in [5.41, 5.74) is 6.60. The van der Waals surface area contributed by atoms with Crippen LogP contribution in [0.4, 0.5) is 0 Å². The van der Waals surface area contributed by atoms with Gasteiger partial charge in [0, 0.05) is 6.42 Å². The van der Waals surface area contributed by atoms with Gasteiger partial charge in [0.15, 0.2) is 0 Å². The van der Waals surface area contributed by atoms with E-state index in [9.17, 15) is 14.7 Å². The van der Waals surface area contributed by atoms with Crippen molar-refractivity contribution in [2.24, 2.45) is 5.73 Å². The molecule has 0 aliphatic rings. The van der Waals surface area contributed by atoms with Crippen molar-refractivity contribution in [1.82, 2.24) is 5.32 Å². The molecule has 20 heavy (non-hydrogen) atoms. The van der Waals surface area contributed by atoms with Crippen LogP contribution < -0.4 is 11.1 Å². The van der Waals surface area contributed by atoms with Crippen LogP contribution in [0.5, 0.6) is 0 Å². The summed E-state index contributed by atoms with van der Waals surface area (Å²) in [6, 6.07) is 8.14. The molecule has 1 aromatic rings. The number of amides is 1. The molecule has 5 N–H and O–H groups in total. The minimum absolute atomic E-state index is 0.0741. The summed E-state index contributed by atoms with van der Waals surface area (Å²) in [7, 11) is 0. The van der Waals surface area contributed by atoms with Crippen molar-refractivity contribution in [1.29, 1.82) is 0 Å². The van der Waals surface area contributed by atoms with Crippen LogP contribution in [0.25, 0.3) is 0 Å². The minimum atomic E-state index is -0.990. The van der Waals surface area contributed by atoms with Crippen molar-refractivity contribution in [2.75, 3.05) is 6.61 Å². The first-order valence-electron chi connectivity index (χ1n) is 6.45. The molecule has 0 aromatic heterocycles. The largest absolute Gasteiger partial charge is 0.481 e. The monoisotopic (exact) mass is 280 g/mol. The molecule has 0 radical (unpaired) electrons. The van der Waals surface area contributed by atoms with E-state index in [1.807, 2.05) is 30.3 Å². The molecule has 0 aliphatic carbocycles. The van der Waals surface area contributed by atoms with E-state index >= 15 is 0 Å². The summed E-state index contributed by atoms with van der Waals surface area (Å²) in [4.78, 5) is 22.2. The highest BCUT2D eigenvalue weighted by Crippen LogP contribution is 2.04. The van der Waals surface area contributed by atoms with Crippen LogP contribution in [0.1, 0.15) is 18.4 Å². The molecule has 1 aromatic carbocycles. The summed E-state index contributed by atoms with van der Waals surface area (Å²) < 4.78 is 0. The van der Waals surface area contributed by atoms with Crippen molar-refractivity contribution < 1.29 is 19.8 Å². The highest BCUT2D eigenvalue weighted by Gasteiger charge is 2.18. The van der Waals surface area contributed by atoms with Crippen LogP contribution >= 0.6 is 0 Å². The highest BCUT2D eigenvalue weighted by molar-refractivity contribution is 5.82. The molecule has 0 heterocycles. The van der Waals surface area contributed by atoms with E-state index in [1.165, 1.54) is 0 Å². The van der Waals surface area contributed by atoms with Crippen molar-refractivity contribution in [3.63, 3.8) is 0 Å². The number of carboxylic acid groups (broad SMARTS) is 1. The predicted molar refractivity (Wildman–Crippen MR) is 74.0 cm³/mol. The molecule has 6 heteroatoms. The Bertz CT molecular complexity index is 436. The Morgan fingerprint density at radius 3 is 2.45 bits per heavy atom.